The number of halogens is 2. The molecule has 1 atom stereocenters. The number of carbonyl (C=O) groups excluding carboxylic acids is 1. The number of esters is 1. The summed E-state index contributed by atoms with van der Waals surface area (Å²) in [5.41, 5.74) is 2.23. The minimum atomic E-state index is -0.680. The number of fused-ring (bicyclic) bond motifs is 1. The van der Waals surface area contributed by atoms with Crippen LogP contribution >= 0.6 is 38.9 Å². The van der Waals surface area contributed by atoms with Gasteiger partial charge in [-0.3, -0.25) is 9.36 Å². The van der Waals surface area contributed by atoms with Crippen molar-refractivity contribution in [3.8, 4) is 0 Å². The highest BCUT2D eigenvalue weighted by molar-refractivity contribution is 9.10. The summed E-state index contributed by atoms with van der Waals surface area (Å²) in [5, 5.41) is 0.561. The third-order valence-electron chi connectivity index (χ3n) is 5.12. The Morgan fingerprint density at radius 2 is 1.88 bits per heavy atom. The summed E-state index contributed by atoms with van der Waals surface area (Å²) in [7, 11) is 1.53. The molecular weight excluding hydrogens is 528 g/mol. The van der Waals surface area contributed by atoms with E-state index in [9.17, 15) is 9.59 Å². The third kappa shape index (κ3) is 5.04. The summed E-state index contributed by atoms with van der Waals surface area (Å²) in [6, 6.07) is 14.1. The summed E-state index contributed by atoms with van der Waals surface area (Å²) >= 11 is 10.8. The SMILES string of the molecule is COCCOC(=O)C1=C(C)N=c2sc(=Cc3ccc(Br)cc3)c(=O)n2C1c1ccc(Cl)cc1. The molecule has 0 radical (unpaired) electrons. The topological polar surface area (TPSA) is 69.9 Å². The lowest BCUT2D eigenvalue weighted by molar-refractivity contribution is -0.140. The lowest BCUT2D eigenvalue weighted by Crippen LogP contribution is -2.40. The Morgan fingerprint density at radius 3 is 2.55 bits per heavy atom. The van der Waals surface area contributed by atoms with Crippen LogP contribution in [0.4, 0.5) is 0 Å². The van der Waals surface area contributed by atoms with Gasteiger partial charge in [-0.25, -0.2) is 9.79 Å². The fourth-order valence-corrected chi connectivity index (χ4v) is 4.99. The maximum Gasteiger partial charge on any atom is 0.338 e. The minimum Gasteiger partial charge on any atom is -0.460 e. The van der Waals surface area contributed by atoms with Crippen molar-refractivity contribution in [1.82, 2.24) is 4.57 Å². The predicted molar refractivity (Wildman–Crippen MR) is 132 cm³/mol. The van der Waals surface area contributed by atoms with E-state index >= 15 is 0 Å². The Kier molecular flexibility index (Phi) is 7.29. The highest BCUT2D eigenvalue weighted by Gasteiger charge is 2.33. The molecule has 0 spiro atoms. The molecule has 1 aliphatic heterocycles. The lowest BCUT2D eigenvalue weighted by atomic mass is 9.96. The Hall–Kier alpha value is -2.52. The second kappa shape index (κ2) is 10.2. The lowest BCUT2D eigenvalue weighted by Gasteiger charge is -2.24. The number of thiazole rings is 1. The van der Waals surface area contributed by atoms with E-state index in [1.54, 1.807) is 35.8 Å². The number of methoxy groups -OCH3 is 1. The second-order valence-electron chi connectivity index (χ2n) is 7.31. The van der Waals surface area contributed by atoms with E-state index in [0.29, 0.717) is 25.6 Å². The molecule has 1 unspecified atom stereocenters. The number of aromatic nitrogens is 1. The molecule has 33 heavy (non-hydrogen) atoms. The number of ether oxygens (including phenoxy) is 2. The fraction of sp³-hybridized carbons (Fsp3) is 0.208. The van der Waals surface area contributed by atoms with E-state index in [1.165, 1.54) is 18.4 Å². The van der Waals surface area contributed by atoms with E-state index < -0.39 is 12.0 Å². The number of hydrogen-bond donors (Lipinski definition) is 0. The van der Waals surface area contributed by atoms with Crippen LogP contribution in [0.3, 0.4) is 0 Å². The average Bonchev–Trinajstić information content (AvgIpc) is 3.09. The molecule has 4 rings (SSSR count). The first-order valence-electron chi connectivity index (χ1n) is 10.1. The number of nitrogens with zero attached hydrogens (tertiary/aromatic N) is 2. The largest absolute Gasteiger partial charge is 0.460 e. The van der Waals surface area contributed by atoms with Crippen LogP contribution in [0.25, 0.3) is 6.08 Å². The van der Waals surface area contributed by atoms with Gasteiger partial charge >= 0.3 is 5.97 Å². The zero-order valence-electron chi connectivity index (χ0n) is 17.9. The maximum atomic E-state index is 13.5. The molecule has 1 aromatic heterocycles. The van der Waals surface area contributed by atoms with E-state index in [0.717, 1.165) is 15.6 Å². The summed E-state index contributed by atoms with van der Waals surface area (Å²) < 4.78 is 13.4. The van der Waals surface area contributed by atoms with Crippen molar-refractivity contribution in [2.24, 2.45) is 4.99 Å². The van der Waals surface area contributed by atoms with Crippen LogP contribution in [0.5, 0.6) is 0 Å². The van der Waals surface area contributed by atoms with Crippen molar-refractivity contribution in [2.45, 2.75) is 13.0 Å². The Morgan fingerprint density at radius 1 is 1.18 bits per heavy atom. The first-order chi connectivity index (χ1) is 15.9. The first kappa shape index (κ1) is 23.6. The molecule has 1 aliphatic rings. The standard InChI is InChI=1S/C24H20BrClN2O4S/c1-14-20(23(30)32-12-11-31-2)21(16-5-9-18(26)10-6-16)28-22(29)19(33-24(28)27-14)13-15-3-7-17(25)8-4-15/h3-10,13,21H,11-12H2,1-2H3. The van der Waals surface area contributed by atoms with Crippen LogP contribution in [0.15, 0.2) is 74.1 Å². The number of allylic oxidation sites excluding steroid dienone is 1. The summed E-state index contributed by atoms with van der Waals surface area (Å²) in [6.07, 6.45) is 1.82. The molecule has 0 N–H and O–H groups in total. The minimum absolute atomic E-state index is 0.105. The van der Waals surface area contributed by atoms with Gasteiger partial charge in [0.15, 0.2) is 4.80 Å². The monoisotopic (exact) mass is 546 g/mol. The summed E-state index contributed by atoms with van der Waals surface area (Å²) in [6.45, 7) is 2.13. The molecule has 170 valence electrons. The number of carbonyl (C=O) groups is 1. The van der Waals surface area contributed by atoms with Gasteiger partial charge in [0.2, 0.25) is 0 Å². The van der Waals surface area contributed by atoms with Crippen molar-refractivity contribution < 1.29 is 14.3 Å². The molecule has 6 nitrogen and oxygen atoms in total. The molecule has 0 fully saturated rings. The molecule has 2 heterocycles. The van der Waals surface area contributed by atoms with Gasteiger partial charge in [0.05, 0.1) is 28.5 Å². The second-order valence-corrected chi connectivity index (χ2v) is 9.67. The van der Waals surface area contributed by atoms with Crippen molar-refractivity contribution in [3.05, 3.63) is 100 Å². The fourth-order valence-electron chi connectivity index (χ4n) is 3.55. The van der Waals surface area contributed by atoms with Gasteiger partial charge in [-0.05, 0) is 48.4 Å². The van der Waals surface area contributed by atoms with Gasteiger partial charge in [0.1, 0.15) is 6.61 Å². The van der Waals surface area contributed by atoms with Crippen LogP contribution in [0.1, 0.15) is 24.1 Å². The van der Waals surface area contributed by atoms with Gasteiger partial charge in [0, 0.05) is 16.6 Å². The van der Waals surface area contributed by atoms with Crippen molar-refractivity contribution >= 4 is 50.9 Å². The number of benzene rings is 2. The van der Waals surface area contributed by atoms with Gasteiger partial charge in [-0.15, -0.1) is 0 Å². The maximum absolute atomic E-state index is 13.5. The van der Waals surface area contributed by atoms with Crippen LogP contribution < -0.4 is 14.9 Å². The van der Waals surface area contributed by atoms with Crippen molar-refractivity contribution in [3.63, 3.8) is 0 Å². The van der Waals surface area contributed by atoms with Gasteiger partial charge < -0.3 is 9.47 Å². The molecule has 2 aromatic carbocycles. The normalized spacial score (nSPS) is 15.9. The van der Waals surface area contributed by atoms with Crippen LogP contribution in [-0.2, 0) is 14.3 Å². The predicted octanol–water partition coefficient (Wildman–Crippen LogP) is 3.84. The van der Waals surface area contributed by atoms with E-state index in [4.69, 9.17) is 21.1 Å². The zero-order chi connectivity index (χ0) is 23.5. The van der Waals surface area contributed by atoms with Gasteiger partial charge in [0.25, 0.3) is 5.56 Å². The van der Waals surface area contributed by atoms with Gasteiger partial charge in [-0.1, -0.05) is 63.1 Å². The first-order valence-corrected chi connectivity index (χ1v) is 12.1. The Bertz CT molecular complexity index is 1390. The smallest absolute Gasteiger partial charge is 0.338 e. The third-order valence-corrected chi connectivity index (χ3v) is 6.88. The van der Waals surface area contributed by atoms with Crippen LogP contribution in [0.2, 0.25) is 5.02 Å². The molecule has 0 saturated carbocycles. The van der Waals surface area contributed by atoms with Gasteiger partial charge in [-0.2, -0.15) is 0 Å². The Labute approximate surface area is 207 Å². The van der Waals surface area contributed by atoms with E-state index in [2.05, 4.69) is 20.9 Å². The number of hydrogen-bond acceptors (Lipinski definition) is 6. The molecule has 0 saturated heterocycles. The molecule has 0 amide bonds. The van der Waals surface area contributed by atoms with Crippen LogP contribution in [0, 0.1) is 0 Å². The van der Waals surface area contributed by atoms with E-state index in [1.807, 2.05) is 30.3 Å². The number of rotatable bonds is 6. The summed E-state index contributed by atoms with van der Waals surface area (Å²) in [4.78, 5) is 31.7. The van der Waals surface area contributed by atoms with E-state index in [-0.39, 0.29) is 18.8 Å². The highest BCUT2D eigenvalue weighted by atomic mass is 79.9. The molecule has 0 bridgehead atoms. The average molecular weight is 548 g/mol. The quantitative estimate of drug-likeness (QED) is 0.347. The van der Waals surface area contributed by atoms with Crippen LogP contribution in [-0.4, -0.2) is 30.9 Å². The summed E-state index contributed by atoms with van der Waals surface area (Å²) in [5.74, 6) is -0.532. The van der Waals surface area contributed by atoms with Crippen molar-refractivity contribution in [1.29, 1.82) is 0 Å². The molecule has 3 aromatic rings. The zero-order valence-corrected chi connectivity index (χ0v) is 21.0. The molecule has 9 heteroatoms. The molecule has 0 aliphatic carbocycles. The Balaban J connectivity index is 1.87. The highest BCUT2D eigenvalue weighted by Crippen LogP contribution is 2.31. The van der Waals surface area contributed by atoms with Crippen molar-refractivity contribution in [2.75, 3.05) is 20.3 Å². The molecular formula is C24H20BrClN2O4S.